The van der Waals surface area contributed by atoms with Gasteiger partial charge in [-0.3, -0.25) is 0 Å². The van der Waals surface area contributed by atoms with Crippen molar-refractivity contribution in [3.63, 3.8) is 0 Å². The first-order valence-electron chi connectivity index (χ1n) is 11.3. The molecule has 1 heterocycles. The molecule has 3 heteroatoms. The Morgan fingerprint density at radius 3 is 2.33 bits per heavy atom. The van der Waals surface area contributed by atoms with Crippen LogP contribution in [0, 0.1) is 11.3 Å². The maximum atomic E-state index is 7.00. The molecule has 1 spiro atoms. The van der Waals surface area contributed by atoms with E-state index < -0.39 is 11.6 Å². The maximum absolute atomic E-state index is 7.00. The Morgan fingerprint density at radius 2 is 1.63 bits per heavy atom. The molecule has 0 radical (unpaired) electrons. The molecule has 0 bridgehead atoms. The SMILES string of the molecule is CC(C)(C)[C@@H]1CCCC[C@]12O[C@@H]1C=C(c3ccccc3)C[C@]1(Oc1ccccc1)O2. The maximum Gasteiger partial charge on any atom is 0.247 e. The molecule has 158 valence electrons. The summed E-state index contributed by atoms with van der Waals surface area (Å²) in [7, 11) is 0. The summed E-state index contributed by atoms with van der Waals surface area (Å²) in [6.45, 7) is 6.92. The lowest BCUT2D eigenvalue weighted by atomic mass is 9.68. The first-order chi connectivity index (χ1) is 14.4. The average molecular weight is 405 g/mol. The van der Waals surface area contributed by atoms with Crippen LogP contribution in [0.1, 0.15) is 58.4 Å². The third-order valence-corrected chi connectivity index (χ3v) is 6.92. The van der Waals surface area contributed by atoms with Gasteiger partial charge >= 0.3 is 0 Å². The number of hydrogen-bond donors (Lipinski definition) is 0. The van der Waals surface area contributed by atoms with Gasteiger partial charge in [-0.2, -0.15) is 0 Å². The van der Waals surface area contributed by atoms with Crippen molar-refractivity contribution in [2.45, 2.75) is 70.6 Å². The molecule has 1 aliphatic heterocycles. The lowest BCUT2D eigenvalue weighted by molar-refractivity contribution is -0.282. The van der Waals surface area contributed by atoms with Gasteiger partial charge in [0.1, 0.15) is 11.9 Å². The summed E-state index contributed by atoms with van der Waals surface area (Å²) in [5.41, 5.74) is 2.55. The second kappa shape index (κ2) is 7.25. The highest BCUT2D eigenvalue weighted by molar-refractivity contribution is 5.70. The number of para-hydroxylation sites is 1. The Hall–Kier alpha value is -2.10. The number of fused-ring (bicyclic) bond motifs is 1. The number of hydrogen-bond acceptors (Lipinski definition) is 3. The van der Waals surface area contributed by atoms with Gasteiger partial charge in [-0.25, -0.2) is 0 Å². The molecular formula is C27H32O3. The first kappa shape index (κ1) is 19.8. The van der Waals surface area contributed by atoms with E-state index in [1.54, 1.807) is 0 Å². The fourth-order valence-corrected chi connectivity index (χ4v) is 5.61. The topological polar surface area (TPSA) is 27.7 Å². The van der Waals surface area contributed by atoms with Crippen LogP contribution < -0.4 is 4.74 Å². The molecule has 0 amide bonds. The fourth-order valence-electron chi connectivity index (χ4n) is 5.61. The van der Waals surface area contributed by atoms with Gasteiger partial charge in [-0.1, -0.05) is 75.7 Å². The Kier molecular flexibility index (Phi) is 4.79. The molecule has 2 aromatic carbocycles. The zero-order valence-corrected chi connectivity index (χ0v) is 18.3. The Bertz CT molecular complexity index is 914. The lowest BCUT2D eigenvalue weighted by Gasteiger charge is -2.47. The predicted octanol–water partition coefficient (Wildman–Crippen LogP) is 6.60. The normalized spacial score (nSPS) is 33.4. The van der Waals surface area contributed by atoms with Crippen LogP contribution in [0.15, 0.2) is 66.7 Å². The Morgan fingerprint density at radius 1 is 0.933 bits per heavy atom. The fraction of sp³-hybridized carbons (Fsp3) is 0.481. The zero-order valence-electron chi connectivity index (χ0n) is 18.3. The molecule has 2 aromatic rings. The largest absolute Gasteiger partial charge is 0.459 e. The summed E-state index contributed by atoms with van der Waals surface area (Å²) < 4.78 is 20.5. The summed E-state index contributed by atoms with van der Waals surface area (Å²) in [5.74, 6) is -0.217. The van der Waals surface area contributed by atoms with Gasteiger partial charge in [0.2, 0.25) is 5.79 Å². The van der Waals surface area contributed by atoms with Crippen LogP contribution in [-0.4, -0.2) is 17.7 Å². The predicted molar refractivity (Wildman–Crippen MR) is 119 cm³/mol. The highest BCUT2D eigenvalue weighted by Gasteiger charge is 2.65. The molecular weight excluding hydrogens is 372 g/mol. The molecule has 0 aromatic heterocycles. The summed E-state index contributed by atoms with van der Waals surface area (Å²) in [6, 6.07) is 20.5. The molecule has 3 aliphatic rings. The second-order valence-corrected chi connectivity index (χ2v) is 10.1. The van der Waals surface area contributed by atoms with E-state index in [0.717, 1.165) is 25.0 Å². The molecule has 1 saturated carbocycles. The Labute approximate surface area is 180 Å². The van der Waals surface area contributed by atoms with E-state index in [1.807, 2.05) is 36.4 Å². The van der Waals surface area contributed by atoms with Crippen LogP contribution in [0.4, 0.5) is 0 Å². The van der Waals surface area contributed by atoms with Crippen LogP contribution in [0.2, 0.25) is 0 Å². The standard InChI is InChI=1S/C27H32O3/c1-25(2,3)23-16-10-11-17-26(23)29-24-18-21(20-12-6-4-7-13-20)19-27(24,30-26)28-22-14-8-5-9-15-22/h4-9,12-15,18,23-24H,10-11,16-17,19H2,1-3H3/t23-,24+,26+,27-/m0/s1. The summed E-state index contributed by atoms with van der Waals surface area (Å²) >= 11 is 0. The van der Waals surface area contributed by atoms with Gasteiger partial charge in [0.15, 0.2) is 5.79 Å². The van der Waals surface area contributed by atoms with Crippen LogP contribution in [-0.2, 0) is 9.47 Å². The molecule has 1 saturated heterocycles. The molecule has 4 atom stereocenters. The van der Waals surface area contributed by atoms with Gasteiger partial charge < -0.3 is 14.2 Å². The third-order valence-electron chi connectivity index (χ3n) is 6.92. The molecule has 5 rings (SSSR count). The zero-order chi connectivity index (χ0) is 20.8. The monoisotopic (exact) mass is 404 g/mol. The van der Waals surface area contributed by atoms with E-state index in [-0.39, 0.29) is 11.5 Å². The molecule has 0 N–H and O–H groups in total. The molecule has 0 unspecified atom stereocenters. The quantitative estimate of drug-likeness (QED) is 0.577. The van der Waals surface area contributed by atoms with E-state index in [4.69, 9.17) is 14.2 Å². The van der Waals surface area contributed by atoms with E-state index in [0.29, 0.717) is 12.3 Å². The van der Waals surface area contributed by atoms with Crippen molar-refractivity contribution in [1.29, 1.82) is 0 Å². The molecule has 30 heavy (non-hydrogen) atoms. The van der Waals surface area contributed by atoms with Crippen molar-refractivity contribution >= 4 is 5.57 Å². The van der Waals surface area contributed by atoms with Crippen molar-refractivity contribution < 1.29 is 14.2 Å². The minimum absolute atomic E-state index is 0.110. The lowest BCUT2D eigenvalue weighted by Crippen LogP contribution is -2.50. The number of benzene rings is 2. The third kappa shape index (κ3) is 3.38. The van der Waals surface area contributed by atoms with Crippen LogP contribution in [0.5, 0.6) is 5.75 Å². The van der Waals surface area contributed by atoms with Gasteiger partial charge in [-0.15, -0.1) is 0 Å². The average Bonchev–Trinajstić information content (AvgIpc) is 3.19. The summed E-state index contributed by atoms with van der Waals surface area (Å²) in [5, 5.41) is 0. The van der Waals surface area contributed by atoms with Crippen molar-refractivity contribution in [3.8, 4) is 5.75 Å². The minimum atomic E-state index is -0.812. The number of ether oxygens (including phenoxy) is 3. The van der Waals surface area contributed by atoms with Crippen molar-refractivity contribution in [2.75, 3.05) is 0 Å². The van der Waals surface area contributed by atoms with Crippen LogP contribution in [0.3, 0.4) is 0 Å². The minimum Gasteiger partial charge on any atom is -0.459 e. The first-order valence-corrected chi connectivity index (χ1v) is 11.3. The highest BCUT2D eigenvalue weighted by Crippen LogP contribution is 2.57. The number of rotatable bonds is 3. The summed E-state index contributed by atoms with van der Waals surface area (Å²) in [4.78, 5) is 0. The molecule has 3 nitrogen and oxygen atoms in total. The van der Waals surface area contributed by atoms with Gasteiger partial charge in [0.25, 0.3) is 0 Å². The van der Waals surface area contributed by atoms with E-state index in [2.05, 4.69) is 51.1 Å². The van der Waals surface area contributed by atoms with Crippen LogP contribution in [0.25, 0.3) is 5.57 Å². The van der Waals surface area contributed by atoms with Gasteiger partial charge in [-0.05, 0) is 47.6 Å². The van der Waals surface area contributed by atoms with E-state index >= 15 is 0 Å². The van der Waals surface area contributed by atoms with Crippen molar-refractivity contribution in [2.24, 2.45) is 11.3 Å². The van der Waals surface area contributed by atoms with E-state index in [9.17, 15) is 0 Å². The highest BCUT2D eigenvalue weighted by atomic mass is 16.8. The van der Waals surface area contributed by atoms with Gasteiger partial charge in [0, 0.05) is 18.8 Å². The van der Waals surface area contributed by atoms with E-state index in [1.165, 1.54) is 17.6 Å². The summed E-state index contributed by atoms with van der Waals surface area (Å²) in [6.07, 6.45) is 7.15. The molecule has 2 fully saturated rings. The van der Waals surface area contributed by atoms with Crippen LogP contribution >= 0.6 is 0 Å². The smallest absolute Gasteiger partial charge is 0.247 e. The van der Waals surface area contributed by atoms with Crippen molar-refractivity contribution in [3.05, 3.63) is 72.3 Å². The second-order valence-electron chi connectivity index (χ2n) is 10.1. The van der Waals surface area contributed by atoms with Crippen molar-refractivity contribution in [1.82, 2.24) is 0 Å². The Balaban J connectivity index is 1.53. The molecule has 2 aliphatic carbocycles. The van der Waals surface area contributed by atoms with Gasteiger partial charge in [0.05, 0.1) is 0 Å².